The Hall–Kier alpha value is -2.62. The fourth-order valence-corrected chi connectivity index (χ4v) is 7.72. The zero-order valence-electron chi connectivity index (χ0n) is 16.5. The quantitative estimate of drug-likeness (QED) is 0.105. The van der Waals surface area contributed by atoms with E-state index >= 15 is 0 Å². The van der Waals surface area contributed by atoms with E-state index in [1.807, 2.05) is 0 Å². The number of methoxy groups -OCH3 is 1. The Labute approximate surface area is 203 Å². The minimum absolute atomic E-state index is 0.0391. The SMILES string of the molecule is COc1c(F)cccc1Nc1c2[nH]c3c1C(=O)NCC3[I-]C(=O)O[I-]Nc1cnccc1-2. The van der Waals surface area contributed by atoms with Crippen molar-refractivity contribution in [3.63, 3.8) is 0 Å². The molecule has 1 amide bonds. The predicted octanol–water partition coefficient (Wildman–Crippen LogP) is -2.68. The van der Waals surface area contributed by atoms with Crippen molar-refractivity contribution in [2.45, 2.75) is 3.92 Å². The van der Waals surface area contributed by atoms with Crippen molar-refractivity contribution >= 4 is 26.9 Å². The number of carbonyl (C=O) groups excluding carboxylic acids is 2. The molecule has 3 aromatic rings. The second-order valence-electron chi connectivity index (χ2n) is 6.80. The summed E-state index contributed by atoms with van der Waals surface area (Å²) in [4.78, 5) is 32.9. The molecule has 9 nitrogen and oxygen atoms in total. The number of aromatic amines is 1. The van der Waals surface area contributed by atoms with Gasteiger partial charge in [0, 0.05) is 0 Å². The summed E-state index contributed by atoms with van der Waals surface area (Å²) in [6.07, 6.45) is 3.28. The summed E-state index contributed by atoms with van der Waals surface area (Å²) in [5.41, 5.74) is 3.98. The van der Waals surface area contributed by atoms with Crippen LogP contribution in [0.25, 0.3) is 11.3 Å². The van der Waals surface area contributed by atoms with Crippen LogP contribution in [0.2, 0.25) is 0 Å². The second kappa shape index (κ2) is 8.73. The Morgan fingerprint density at radius 3 is 3.03 bits per heavy atom. The number of fused-ring (bicyclic) bond motifs is 3. The molecule has 168 valence electrons. The maximum atomic E-state index is 14.3. The van der Waals surface area contributed by atoms with Gasteiger partial charge in [0.25, 0.3) is 0 Å². The molecule has 0 aliphatic carbocycles. The van der Waals surface area contributed by atoms with Gasteiger partial charge < -0.3 is 0 Å². The molecule has 1 atom stereocenters. The number of anilines is 3. The van der Waals surface area contributed by atoms with Gasteiger partial charge in [-0.15, -0.1) is 0 Å². The second-order valence-corrected chi connectivity index (χ2v) is 11.2. The number of hydrogen-bond donors (Lipinski definition) is 4. The zero-order chi connectivity index (χ0) is 22.2. The van der Waals surface area contributed by atoms with Gasteiger partial charge in [-0.05, 0) is 0 Å². The molecule has 0 radical (unpaired) electrons. The third-order valence-electron chi connectivity index (χ3n) is 4.99. The van der Waals surface area contributed by atoms with E-state index in [4.69, 9.17) is 7.80 Å². The van der Waals surface area contributed by atoms with Gasteiger partial charge in [0.15, 0.2) is 0 Å². The van der Waals surface area contributed by atoms with Crippen molar-refractivity contribution < 1.29 is 64.9 Å². The first-order valence-corrected chi connectivity index (χ1v) is 13.7. The molecule has 0 saturated carbocycles. The Morgan fingerprint density at radius 1 is 1.31 bits per heavy atom. The number of hydrogen-bond acceptors (Lipinski definition) is 7. The van der Waals surface area contributed by atoms with Crippen molar-refractivity contribution in [1.29, 1.82) is 0 Å². The van der Waals surface area contributed by atoms with Crippen molar-refractivity contribution in [1.82, 2.24) is 15.3 Å². The molecule has 32 heavy (non-hydrogen) atoms. The number of aromatic nitrogens is 2. The molecule has 1 unspecified atom stereocenters. The first-order valence-electron chi connectivity index (χ1n) is 9.39. The Bertz CT molecular complexity index is 1230. The number of halogens is 3. The molecule has 0 saturated heterocycles. The summed E-state index contributed by atoms with van der Waals surface area (Å²) >= 11 is -2.12. The number of amides is 1. The summed E-state index contributed by atoms with van der Waals surface area (Å²) in [5, 5.41) is 6.09. The number of carbonyl (C=O) groups is 2. The minimum atomic E-state index is -1.07. The molecule has 2 bridgehead atoms. The first kappa shape index (κ1) is 21.2. The average molecular weight is 663 g/mol. The summed E-state index contributed by atoms with van der Waals surface area (Å²) in [5.74, 6) is -0.760. The van der Waals surface area contributed by atoms with Crippen LogP contribution in [-0.2, 0) is 3.07 Å². The van der Waals surface area contributed by atoms with Crippen LogP contribution in [0.4, 0.5) is 26.2 Å². The van der Waals surface area contributed by atoms with Crippen LogP contribution in [-0.4, -0.2) is 33.5 Å². The van der Waals surface area contributed by atoms with Gasteiger partial charge in [0.1, 0.15) is 0 Å². The number of rotatable bonds is 3. The third-order valence-corrected chi connectivity index (χ3v) is 9.80. The van der Waals surface area contributed by atoms with Gasteiger partial charge >= 0.3 is 204 Å². The van der Waals surface area contributed by atoms with Crippen LogP contribution in [0.1, 0.15) is 20.0 Å². The van der Waals surface area contributed by atoms with Crippen LogP contribution in [0.15, 0.2) is 36.7 Å². The average Bonchev–Trinajstić information content (AvgIpc) is 3.15. The molecule has 4 N–H and O–H groups in total. The van der Waals surface area contributed by atoms with Crippen LogP contribution in [0, 0.1) is 5.82 Å². The molecule has 5 rings (SSSR count). The van der Waals surface area contributed by atoms with E-state index in [1.54, 1.807) is 30.6 Å². The molecule has 2 aliphatic heterocycles. The molecule has 0 fully saturated rings. The number of nitrogens with zero attached hydrogens (tertiary/aromatic N) is 1. The summed E-state index contributed by atoms with van der Waals surface area (Å²) in [7, 11) is 1.39. The van der Waals surface area contributed by atoms with E-state index in [9.17, 15) is 14.0 Å². The molecule has 1 aromatic carbocycles. The number of alkyl halides is 1. The van der Waals surface area contributed by atoms with Crippen molar-refractivity contribution in [3.05, 3.63) is 53.7 Å². The number of benzene rings is 1. The van der Waals surface area contributed by atoms with Crippen LogP contribution < -0.4 is 62.0 Å². The van der Waals surface area contributed by atoms with E-state index in [0.717, 1.165) is 5.56 Å². The van der Waals surface area contributed by atoms with E-state index < -0.39 is 48.9 Å². The monoisotopic (exact) mass is 663 g/mol. The van der Waals surface area contributed by atoms with E-state index in [1.165, 1.54) is 13.2 Å². The van der Waals surface area contributed by atoms with Gasteiger partial charge in [-0.25, -0.2) is 0 Å². The predicted molar refractivity (Wildman–Crippen MR) is 105 cm³/mol. The maximum absolute atomic E-state index is 14.3. The number of nitrogens with one attached hydrogen (secondary N) is 4. The van der Waals surface area contributed by atoms with Crippen LogP contribution in [0.3, 0.4) is 0 Å². The fourth-order valence-electron chi connectivity index (χ4n) is 3.64. The van der Waals surface area contributed by atoms with Gasteiger partial charge in [-0.1, -0.05) is 0 Å². The molecule has 2 aliphatic rings. The fraction of sp³-hybridized carbons (Fsp3) is 0.150. The van der Waals surface area contributed by atoms with E-state index in [2.05, 4.69) is 24.1 Å². The molecular formula is C20H16FI2N5O4-2. The molecule has 0 spiro atoms. The summed E-state index contributed by atoms with van der Waals surface area (Å²) < 4.78 is 27.8. The topological polar surface area (TPSA) is 117 Å². The molecule has 12 heteroatoms. The molecule has 4 heterocycles. The van der Waals surface area contributed by atoms with Crippen LogP contribution >= 0.6 is 0 Å². The van der Waals surface area contributed by atoms with Gasteiger partial charge in [-0.3, -0.25) is 0 Å². The van der Waals surface area contributed by atoms with Gasteiger partial charge in [-0.2, -0.15) is 0 Å². The van der Waals surface area contributed by atoms with E-state index in [-0.39, 0.29) is 19.6 Å². The van der Waals surface area contributed by atoms with Crippen molar-refractivity contribution in [3.8, 4) is 17.0 Å². The zero-order valence-corrected chi connectivity index (χ0v) is 20.8. The number of para-hydroxylation sites is 1. The van der Waals surface area contributed by atoms with Gasteiger partial charge in [0.2, 0.25) is 0 Å². The number of H-pyrrole nitrogens is 1. The normalized spacial score (nSPS) is 17.8. The summed E-state index contributed by atoms with van der Waals surface area (Å²) in [6, 6.07) is 6.34. The van der Waals surface area contributed by atoms with E-state index in [0.29, 0.717) is 40.6 Å². The Balaban J connectivity index is 1.75. The standard InChI is InChI=1S/C20H16FI2N5O4/c1-31-18-10(21)3-2-4-12(18)26-17-14-16-11(7-25-19(14)29)22-20(30)32-23-28-13-8-24-6-5-9(13)15(17)27-16/h2-6,8,11,26-28H,7H2,1H3,(H,25,29)/q-2. The van der Waals surface area contributed by atoms with Gasteiger partial charge in [0.05, 0.1) is 0 Å². The summed E-state index contributed by atoms with van der Waals surface area (Å²) in [6.45, 7) is 0.353. The first-order chi connectivity index (χ1) is 15.6. The molecule has 2 aromatic heterocycles. The van der Waals surface area contributed by atoms with Crippen LogP contribution in [0.5, 0.6) is 5.75 Å². The number of pyridine rings is 1. The number of ether oxygens (including phenoxy) is 1. The Kier molecular flexibility index (Phi) is 5.79. The van der Waals surface area contributed by atoms with Crippen molar-refractivity contribution in [2.75, 3.05) is 22.5 Å². The third kappa shape index (κ3) is 3.74. The van der Waals surface area contributed by atoms with Crippen molar-refractivity contribution in [2.24, 2.45) is 0 Å². The molecular weight excluding hydrogens is 647 g/mol. The Morgan fingerprint density at radius 2 is 2.19 bits per heavy atom.